The van der Waals surface area contributed by atoms with Gasteiger partial charge in [0.05, 0.1) is 16.7 Å². The molecule has 1 atom stereocenters. The highest BCUT2D eigenvalue weighted by Gasteiger charge is 2.18. The molecule has 2 rings (SSSR count). The molecule has 0 fully saturated rings. The van der Waals surface area contributed by atoms with Gasteiger partial charge in [0, 0.05) is 6.20 Å². The molecule has 2 N–H and O–H groups in total. The van der Waals surface area contributed by atoms with E-state index in [0.29, 0.717) is 11.1 Å². The third-order valence-electron chi connectivity index (χ3n) is 2.49. The zero-order valence-electron chi connectivity index (χ0n) is 9.00. The Kier molecular flexibility index (Phi) is 3.68. The Morgan fingerprint density at radius 1 is 1.17 bits per heavy atom. The first-order valence-electron chi connectivity index (χ1n) is 5.00. The lowest BCUT2D eigenvalue weighted by Gasteiger charge is -2.14. The first kappa shape index (κ1) is 13.0. The minimum Gasteiger partial charge on any atom is -0.320 e. The maximum absolute atomic E-state index is 13.4. The van der Waals surface area contributed by atoms with E-state index >= 15 is 0 Å². The minimum absolute atomic E-state index is 0.0701. The molecule has 0 bridgehead atoms. The molecule has 6 heteroatoms. The van der Waals surface area contributed by atoms with E-state index in [4.69, 9.17) is 5.73 Å². The number of halogens is 4. The third kappa shape index (κ3) is 2.39. The molecule has 1 heterocycles. The van der Waals surface area contributed by atoms with E-state index < -0.39 is 23.5 Å². The smallest absolute Gasteiger partial charge is 0.173 e. The maximum Gasteiger partial charge on any atom is 0.173 e. The second-order valence-electron chi connectivity index (χ2n) is 3.68. The summed E-state index contributed by atoms with van der Waals surface area (Å²) >= 11 is 2.94. The van der Waals surface area contributed by atoms with Crippen LogP contribution >= 0.6 is 15.9 Å². The highest BCUT2D eigenvalue weighted by atomic mass is 79.9. The summed E-state index contributed by atoms with van der Waals surface area (Å²) in [7, 11) is 0. The standard InChI is InChI=1S/C12H8BrF3N2/c13-10-8(1-2-9(15)11(10)16)12(17)6-3-7(14)5-18-4-6/h1-5,12H,17H2. The average molecular weight is 317 g/mol. The molecule has 0 spiro atoms. The largest absolute Gasteiger partial charge is 0.320 e. The SMILES string of the molecule is NC(c1cncc(F)c1)c1ccc(F)c(F)c1Br. The molecule has 0 amide bonds. The summed E-state index contributed by atoms with van der Waals surface area (Å²) in [5.74, 6) is -2.54. The van der Waals surface area contributed by atoms with Gasteiger partial charge in [-0.3, -0.25) is 4.98 Å². The predicted octanol–water partition coefficient (Wildman–Crippen LogP) is 3.31. The van der Waals surface area contributed by atoms with E-state index in [1.165, 1.54) is 18.3 Å². The Bertz CT molecular complexity index is 590. The van der Waals surface area contributed by atoms with Crippen molar-refractivity contribution in [2.24, 2.45) is 5.73 Å². The van der Waals surface area contributed by atoms with Gasteiger partial charge >= 0.3 is 0 Å². The summed E-state index contributed by atoms with van der Waals surface area (Å²) in [5, 5.41) is 0. The first-order chi connectivity index (χ1) is 8.50. The van der Waals surface area contributed by atoms with E-state index in [0.717, 1.165) is 12.3 Å². The number of pyridine rings is 1. The topological polar surface area (TPSA) is 38.9 Å². The van der Waals surface area contributed by atoms with Gasteiger partial charge in [-0.2, -0.15) is 0 Å². The van der Waals surface area contributed by atoms with E-state index in [-0.39, 0.29) is 4.47 Å². The Morgan fingerprint density at radius 3 is 2.56 bits per heavy atom. The molecule has 1 aromatic carbocycles. The zero-order valence-corrected chi connectivity index (χ0v) is 10.6. The van der Waals surface area contributed by atoms with Crippen molar-refractivity contribution in [1.29, 1.82) is 0 Å². The van der Waals surface area contributed by atoms with E-state index in [9.17, 15) is 13.2 Å². The van der Waals surface area contributed by atoms with Crippen LogP contribution in [0.3, 0.4) is 0 Å². The molecule has 94 valence electrons. The van der Waals surface area contributed by atoms with Crippen LogP contribution in [0.2, 0.25) is 0 Å². The van der Waals surface area contributed by atoms with Crippen molar-refractivity contribution in [1.82, 2.24) is 4.98 Å². The minimum atomic E-state index is -1.02. The maximum atomic E-state index is 13.4. The summed E-state index contributed by atoms with van der Waals surface area (Å²) in [6.45, 7) is 0. The third-order valence-corrected chi connectivity index (χ3v) is 3.29. The van der Waals surface area contributed by atoms with Crippen LogP contribution in [0.5, 0.6) is 0 Å². The van der Waals surface area contributed by atoms with Gasteiger partial charge in [0.15, 0.2) is 11.6 Å². The number of benzene rings is 1. The van der Waals surface area contributed by atoms with Gasteiger partial charge in [-0.15, -0.1) is 0 Å². The molecule has 2 aromatic rings. The lowest BCUT2D eigenvalue weighted by Crippen LogP contribution is -2.14. The molecule has 0 aliphatic rings. The van der Waals surface area contributed by atoms with E-state index in [2.05, 4.69) is 20.9 Å². The molecule has 0 radical (unpaired) electrons. The normalized spacial score (nSPS) is 12.5. The van der Waals surface area contributed by atoms with Gasteiger partial charge in [0.1, 0.15) is 5.82 Å². The van der Waals surface area contributed by atoms with Crippen molar-refractivity contribution < 1.29 is 13.2 Å². The van der Waals surface area contributed by atoms with Crippen LogP contribution in [0.15, 0.2) is 35.1 Å². The van der Waals surface area contributed by atoms with Crippen molar-refractivity contribution in [3.63, 3.8) is 0 Å². The summed E-state index contributed by atoms with van der Waals surface area (Å²) in [4.78, 5) is 3.66. The van der Waals surface area contributed by atoms with E-state index in [1.807, 2.05) is 0 Å². The van der Waals surface area contributed by atoms with Crippen molar-refractivity contribution in [3.05, 3.63) is 63.6 Å². The average Bonchev–Trinajstić information content (AvgIpc) is 2.35. The molecular weight excluding hydrogens is 309 g/mol. The van der Waals surface area contributed by atoms with Gasteiger partial charge in [0.25, 0.3) is 0 Å². The van der Waals surface area contributed by atoms with E-state index in [1.54, 1.807) is 0 Å². The Hall–Kier alpha value is -1.40. The number of rotatable bonds is 2. The van der Waals surface area contributed by atoms with Gasteiger partial charge < -0.3 is 5.73 Å². The lowest BCUT2D eigenvalue weighted by molar-refractivity contribution is 0.501. The van der Waals surface area contributed by atoms with Crippen molar-refractivity contribution in [3.8, 4) is 0 Å². The first-order valence-corrected chi connectivity index (χ1v) is 5.79. The number of nitrogens with two attached hydrogens (primary N) is 1. The summed E-state index contributed by atoms with van der Waals surface area (Å²) in [5.41, 5.74) is 6.58. The van der Waals surface area contributed by atoms with Gasteiger partial charge in [-0.1, -0.05) is 6.07 Å². The highest BCUT2D eigenvalue weighted by Crippen LogP contribution is 2.30. The monoisotopic (exact) mass is 316 g/mol. The Labute approximate surface area is 110 Å². The van der Waals surface area contributed by atoms with Gasteiger partial charge in [-0.05, 0) is 39.2 Å². The second kappa shape index (κ2) is 5.07. The predicted molar refractivity (Wildman–Crippen MR) is 64.3 cm³/mol. The van der Waals surface area contributed by atoms with Crippen LogP contribution in [-0.2, 0) is 0 Å². The quantitative estimate of drug-likeness (QED) is 0.863. The molecule has 1 aromatic heterocycles. The number of hydrogen-bond donors (Lipinski definition) is 1. The fraction of sp³-hybridized carbons (Fsp3) is 0.0833. The Balaban J connectivity index is 2.46. The van der Waals surface area contributed by atoms with Gasteiger partial charge in [-0.25, -0.2) is 13.2 Å². The van der Waals surface area contributed by atoms with Crippen molar-refractivity contribution >= 4 is 15.9 Å². The van der Waals surface area contributed by atoms with Crippen LogP contribution < -0.4 is 5.73 Å². The number of hydrogen-bond acceptors (Lipinski definition) is 2. The fourth-order valence-corrected chi connectivity index (χ4v) is 2.13. The molecule has 0 saturated carbocycles. The summed E-state index contributed by atoms with van der Waals surface area (Å²) in [6, 6.07) is 2.73. The zero-order chi connectivity index (χ0) is 13.3. The molecule has 2 nitrogen and oxygen atoms in total. The number of aromatic nitrogens is 1. The van der Waals surface area contributed by atoms with Crippen LogP contribution in [0.25, 0.3) is 0 Å². The summed E-state index contributed by atoms with van der Waals surface area (Å²) in [6.07, 6.45) is 2.41. The lowest BCUT2D eigenvalue weighted by atomic mass is 10.0. The van der Waals surface area contributed by atoms with Crippen LogP contribution in [0.1, 0.15) is 17.2 Å². The summed E-state index contributed by atoms with van der Waals surface area (Å²) < 4.78 is 39.3. The molecular formula is C12H8BrF3N2. The molecule has 0 aliphatic carbocycles. The molecule has 0 aliphatic heterocycles. The fourth-order valence-electron chi connectivity index (χ4n) is 1.56. The van der Waals surface area contributed by atoms with Gasteiger partial charge in [0.2, 0.25) is 0 Å². The van der Waals surface area contributed by atoms with Crippen LogP contribution in [0.4, 0.5) is 13.2 Å². The second-order valence-corrected chi connectivity index (χ2v) is 4.47. The van der Waals surface area contributed by atoms with Crippen LogP contribution in [-0.4, -0.2) is 4.98 Å². The van der Waals surface area contributed by atoms with Crippen LogP contribution in [0, 0.1) is 17.5 Å². The highest BCUT2D eigenvalue weighted by molar-refractivity contribution is 9.10. The van der Waals surface area contributed by atoms with Crippen molar-refractivity contribution in [2.45, 2.75) is 6.04 Å². The Morgan fingerprint density at radius 2 is 1.89 bits per heavy atom. The molecule has 18 heavy (non-hydrogen) atoms. The number of nitrogens with zero attached hydrogens (tertiary/aromatic N) is 1. The molecule has 0 saturated heterocycles. The van der Waals surface area contributed by atoms with Crippen molar-refractivity contribution in [2.75, 3.05) is 0 Å². The molecule has 1 unspecified atom stereocenters.